The maximum Gasteiger partial charge on any atom is 3.00 e. The number of carbonyl (C=O) groups excluding carboxylic acids is 3. The molecule has 3 amide bonds. The van der Waals surface area contributed by atoms with Crippen LogP contribution < -0.4 is 10.6 Å². The van der Waals surface area contributed by atoms with Gasteiger partial charge in [0, 0.05) is 12.6 Å². The number of aryl methyl sites for hydroxylation is 1. The quantitative estimate of drug-likeness (QED) is 0.578. The maximum absolute atomic E-state index is 11.8. The van der Waals surface area contributed by atoms with E-state index in [1.54, 1.807) is 18.3 Å². The molecule has 0 saturated carbocycles. The third-order valence-electron chi connectivity index (χ3n) is 2.69. The van der Waals surface area contributed by atoms with E-state index in [1.807, 2.05) is 20.8 Å². The first-order chi connectivity index (χ1) is 9.56. The number of amides is 3. The molecule has 0 radical (unpaired) electrons. The second kappa shape index (κ2) is 15.4. The summed E-state index contributed by atoms with van der Waals surface area (Å²) < 4.78 is 0. The summed E-state index contributed by atoms with van der Waals surface area (Å²) in [5.74, 6) is -1.19. The van der Waals surface area contributed by atoms with Gasteiger partial charge in [0.2, 0.25) is 11.8 Å². The predicted molar refractivity (Wildman–Crippen MR) is 93.2 cm³/mol. The standard InChI is InChI=1S/C12H13N3O3.C2H6.3CH3.Y/c1-7-2-3-8(13-6-7)11(17)14-9-4-5-10(16)15-12(9)18;1-2;;;;/h2-3,6,9H,4-5H2,1H3,(H,14,17)(H,15,16,18);1-2H3;3*1H3;/q;;3*-1;+3. The summed E-state index contributed by atoms with van der Waals surface area (Å²) in [6.45, 7) is 5.87. The monoisotopic (exact) mass is 411 g/mol. The maximum atomic E-state index is 11.8. The van der Waals surface area contributed by atoms with E-state index in [9.17, 15) is 14.4 Å². The summed E-state index contributed by atoms with van der Waals surface area (Å²) in [5, 5.41) is 4.74. The zero-order valence-electron chi connectivity index (χ0n) is 15.5. The minimum atomic E-state index is -0.668. The van der Waals surface area contributed by atoms with Gasteiger partial charge in [0.25, 0.3) is 5.91 Å². The predicted octanol–water partition coefficient (Wildman–Crippen LogP) is 2.30. The van der Waals surface area contributed by atoms with Crippen molar-refractivity contribution in [3.05, 3.63) is 51.9 Å². The van der Waals surface area contributed by atoms with Crippen molar-refractivity contribution in [1.82, 2.24) is 15.6 Å². The van der Waals surface area contributed by atoms with E-state index in [1.165, 1.54) is 0 Å². The van der Waals surface area contributed by atoms with E-state index in [0.29, 0.717) is 6.42 Å². The van der Waals surface area contributed by atoms with Crippen molar-refractivity contribution >= 4 is 17.7 Å². The Morgan fingerprint density at radius 1 is 1.21 bits per heavy atom. The first-order valence-corrected chi connectivity index (χ1v) is 6.63. The number of hydrogen-bond acceptors (Lipinski definition) is 4. The van der Waals surface area contributed by atoms with Crippen molar-refractivity contribution in [3.63, 3.8) is 0 Å². The fourth-order valence-electron chi connectivity index (χ4n) is 1.67. The SMILES string of the molecule is CC.Cc1ccc(C(=O)NC2CCC(=O)NC2=O)nc1.[CH3-].[CH3-].[CH3-].[Y+3]. The van der Waals surface area contributed by atoms with Crippen LogP contribution in [0.15, 0.2) is 18.3 Å². The largest absolute Gasteiger partial charge is 3.00 e. The Labute approximate surface area is 171 Å². The Balaban J connectivity index is -0.000000321. The second-order valence-electron chi connectivity index (χ2n) is 4.20. The second-order valence-corrected chi connectivity index (χ2v) is 4.20. The first-order valence-electron chi connectivity index (χ1n) is 6.63. The van der Waals surface area contributed by atoms with Gasteiger partial charge in [-0.3, -0.25) is 24.7 Å². The summed E-state index contributed by atoms with van der Waals surface area (Å²) in [7, 11) is 0. The molecule has 2 N–H and O–H groups in total. The van der Waals surface area contributed by atoms with Crippen LogP contribution in [0.1, 0.15) is 42.7 Å². The summed E-state index contributed by atoms with van der Waals surface area (Å²) >= 11 is 0. The molecule has 1 fully saturated rings. The average molecular weight is 411 g/mol. The van der Waals surface area contributed by atoms with Gasteiger partial charge in [-0.2, -0.15) is 0 Å². The Bertz CT molecular complexity index is 504. The van der Waals surface area contributed by atoms with Crippen molar-refractivity contribution in [2.45, 2.75) is 39.7 Å². The zero-order chi connectivity index (χ0) is 15.1. The molecule has 6 nitrogen and oxygen atoms in total. The summed E-state index contributed by atoms with van der Waals surface area (Å²) in [6, 6.07) is 2.70. The van der Waals surface area contributed by atoms with Crippen molar-refractivity contribution in [2.24, 2.45) is 0 Å². The molecule has 0 spiro atoms. The van der Waals surface area contributed by atoms with Crippen LogP contribution in [0.2, 0.25) is 0 Å². The number of nitrogens with zero attached hydrogens (tertiary/aromatic N) is 1. The van der Waals surface area contributed by atoms with Crippen LogP contribution >= 0.6 is 0 Å². The molecule has 1 aromatic rings. The molecule has 1 atom stereocenters. The minimum Gasteiger partial charge on any atom is -0.358 e. The van der Waals surface area contributed by atoms with Gasteiger partial charge >= 0.3 is 32.7 Å². The molecule has 0 bridgehead atoms. The molecule has 1 saturated heterocycles. The average Bonchev–Trinajstić information content (AvgIpc) is 2.45. The van der Waals surface area contributed by atoms with E-state index in [2.05, 4.69) is 15.6 Å². The van der Waals surface area contributed by atoms with Crippen LogP contribution in [0.3, 0.4) is 0 Å². The molecule has 24 heavy (non-hydrogen) atoms. The smallest absolute Gasteiger partial charge is 0.358 e. The van der Waals surface area contributed by atoms with E-state index in [4.69, 9.17) is 0 Å². The topological polar surface area (TPSA) is 88.2 Å². The molecular formula is C17H28N3O3Y. The number of carbonyl (C=O) groups is 3. The van der Waals surface area contributed by atoms with Crippen LogP contribution in [0.4, 0.5) is 0 Å². The molecule has 0 aromatic carbocycles. The Hall–Kier alpha value is -1.14. The van der Waals surface area contributed by atoms with Gasteiger partial charge < -0.3 is 27.6 Å². The molecule has 2 heterocycles. The third-order valence-corrected chi connectivity index (χ3v) is 2.69. The number of hydrogen-bond donors (Lipinski definition) is 2. The van der Waals surface area contributed by atoms with Crippen molar-refractivity contribution < 1.29 is 47.1 Å². The van der Waals surface area contributed by atoms with Crippen molar-refractivity contribution in [2.75, 3.05) is 0 Å². The Morgan fingerprint density at radius 3 is 2.25 bits per heavy atom. The summed E-state index contributed by atoms with van der Waals surface area (Å²) in [6.07, 6.45) is 2.14. The summed E-state index contributed by atoms with van der Waals surface area (Å²) in [5.41, 5.74) is 1.21. The van der Waals surface area contributed by atoms with Gasteiger partial charge in [-0.05, 0) is 25.0 Å². The fourth-order valence-corrected chi connectivity index (χ4v) is 1.67. The molecule has 7 heteroatoms. The molecular weight excluding hydrogens is 383 g/mol. The van der Waals surface area contributed by atoms with Crippen LogP contribution in [0.25, 0.3) is 0 Å². The number of pyridine rings is 1. The molecule has 1 aliphatic rings. The van der Waals surface area contributed by atoms with Crippen LogP contribution in [-0.2, 0) is 42.3 Å². The van der Waals surface area contributed by atoms with Gasteiger partial charge in [0.1, 0.15) is 11.7 Å². The van der Waals surface area contributed by atoms with Crippen molar-refractivity contribution in [3.8, 4) is 0 Å². The third kappa shape index (κ3) is 9.23. The van der Waals surface area contributed by atoms with Crippen molar-refractivity contribution in [1.29, 1.82) is 0 Å². The molecule has 0 aliphatic carbocycles. The molecule has 1 unspecified atom stereocenters. The summed E-state index contributed by atoms with van der Waals surface area (Å²) in [4.78, 5) is 38.2. The first kappa shape index (κ1) is 30.7. The number of imide groups is 1. The van der Waals surface area contributed by atoms with Gasteiger partial charge in [-0.1, -0.05) is 19.9 Å². The molecule has 132 valence electrons. The number of rotatable bonds is 2. The molecule has 2 rings (SSSR count). The van der Waals surface area contributed by atoms with Crippen LogP contribution in [0.5, 0.6) is 0 Å². The minimum absolute atomic E-state index is 0. The molecule has 1 aromatic heterocycles. The van der Waals surface area contributed by atoms with E-state index < -0.39 is 17.9 Å². The van der Waals surface area contributed by atoms with E-state index in [-0.39, 0.29) is 73.0 Å². The fraction of sp³-hybridized carbons (Fsp3) is 0.353. The van der Waals surface area contributed by atoms with E-state index in [0.717, 1.165) is 5.56 Å². The van der Waals surface area contributed by atoms with Gasteiger partial charge in [0.05, 0.1) is 0 Å². The zero-order valence-corrected chi connectivity index (χ0v) is 18.3. The number of aromatic nitrogens is 1. The normalized spacial score (nSPS) is 14.7. The Kier molecular flexibility index (Phi) is 19.7. The van der Waals surface area contributed by atoms with Gasteiger partial charge in [-0.25, -0.2) is 0 Å². The van der Waals surface area contributed by atoms with Crippen LogP contribution in [-0.4, -0.2) is 28.7 Å². The van der Waals surface area contributed by atoms with Gasteiger partial charge in [-0.15, -0.1) is 0 Å². The number of piperidine rings is 1. The molecule has 1 aliphatic heterocycles. The van der Waals surface area contributed by atoms with Crippen LogP contribution in [0, 0.1) is 29.2 Å². The van der Waals surface area contributed by atoms with E-state index >= 15 is 0 Å². The Morgan fingerprint density at radius 2 is 1.79 bits per heavy atom. The van der Waals surface area contributed by atoms with Gasteiger partial charge in [0.15, 0.2) is 0 Å². The number of nitrogens with one attached hydrogen (secondary N) is 2.